The van der Waals surface area contributed by atoms with Gasteiger partial charge in [-0.1, -0.05) is 12.1 Å². The van der Waals surface area contributed by atoms with Gasteiger partial charge in [-0.2, -0.15) is 0 Å². The van der Waals surface area contributed by atoms with Crippen molar-refractivity contribution in [2.75, 3.05) is 31.7 Å². The average molecular weight is 223 g/mol. The first kappa shape index (κ1) is 13.0. The SMILES string of the molecule is CCN(CCOC)c1ccc([C@H](C)O)cc1. The molecule has 90 valence electrons. The van der Waals surface area contributed by atoms with Crippen LogP contribution in [0.5, 0.6) is 0 Å². The molecule has 1 rings (SSSR count). The Bertz CT molecular complexity index is 295. The molecule has 0 heterocycles. The van der Waals surface area contributed by atoms with Crippen LogP contribution in [0.4, 0.5) is 5.69 Å². The van der Waals surface area contributed by atoms with Crippen LogP contribution in [-0.2, 0) is 4.74 Å². The maximum atomic E-state index is 9.42. The molecule has 0 aromatic heterocycles. The van der Waals surface area contributed by atoms with Crippen molar-refractivity contribution in [3.8, 4) is 0 Å². The van der Waals surface area contributed by atoms with Crippen LogP contribution in [0.3, 0.4) is 0 Å². The number of rotatable bonds is 6. The summed E-state index contributed by atoms with van der Waals surface area (Å²) in [6.07, 6.45) is -0.400. The molecule has 0 saturated carbocycles. The van der Waals surface area contributed by atoms with Crippen LogP contribution in [0.1, 0.15) is 25.5 Å². The van der Waals surface area contributed by atoms with Gasteiger partial charge in [-0.25, -0.2) is 0 Å². The Balaban J connectivity index is 2.70. The molecule has 0 aliphatic rings. The second-order valence-corrected chi connectivity index (χ2v) is 3.84. The Morgan fingerprint density at radius 1 is 1.31 bits per heavy atom. The molecule has 1 atom stereocenters. The lowest BCUT2D eigenvalue weighted by atomic mass is 10.1. The van der Waals surface area contributed by atoms with E-state index in [1.54, 1.807) is 14.0 Å². The number of aliphatic hydroxyl groups excluding tert-OH is 1. The van der Waals surface area contributed by atoms with Gasteiger partial charge >= 0.3 is 0 Å². The Morgan fingerprint density at radius 3 is 2.38 bits per heavy atom. The quantitative estimate of drug-likeness (QED) is 0.802. The minimum absolute atomic E-state index is 0.400. The van der Waals surface area contributed by atoms with Crippen molar-refractivity contribution >= 4 is 5.69 Å². The normalized spacial score (nSPS) is 12.5. The van der Waals surface area contributed by atoms with Gasteiger partial charge in [-0.05, 0) is 31.5 Å². The molecule has 3 nitrogen and oxygen atoms in total. The summed E-state index contributed by atoms with van der Waals surface area (Å²) in [5.41, 5.74) is 2.12. The van der Waals surface area contributed by atoms with Crippen molar-refractivity contribution in [2.45, 2.75) is 20.0 Å². The van der Waals surface area contributed by atoms with Crippen molar-refractivity contribution in [3.05, 3.63) is 29.8 Å². The summed E-state index contributed by atoms with van der Waals surface area (Å²) in [6, 6.07) is 8.02. The van der Waals surface area contributed by atoms with E-state index in [1.807, 2.05) is 24.3 Å². The van der Waals surface area contributed by atoms with E-state index in [-0.39, 0.29) is 0 Å². The van der Waals surface area contributed by atoms with E-state index in [1.165, 1.54) is 5.69 Å². The van der Waals surface area contributed by atoms with Crippen molar-refractivity contribution < 1.29 is 9.84 Å². The van der Waals surface area contributed by atoms with E-state index in [2.05, 4.69) is 11.8 Å². The smallest absolute Gasteiger partial charge is 0.0761 e. The Morgan fingerprint density at radius 2 is 1.94 bits per heavy atom. The molecule has 0 bridgehead atoms. The highest BCUT2D eigenvalue weighted by Crippen LogP contribution is 2.18. The molecule has 1 aromatic rings. The van der Waals surface area contributed by atoms with Crippen molar-refractivity contribution in [2.24, 2.45) is 0 Å². The number of hydrogen-bond donors (Lipinski definition) is 1. The second kappa shape index (κ2) is 6.51. The van der Waals surface area contributed by atoms with E-state index in [0.717, 1.165) is 25.3 Å². The van der Waals surface area contributed by atoms with Crippen molar-refractivity contribution in [3.63, 3.8) is 0 Å². The molecule has 0 unspecified atom stereocenters. The molecule has 1 aromatic carbocycles. The maximum Gasteiger partial charge on any atom is 0.0761 e. The fourth-order valence-electron chi connectivity index (χ4n) is 1.63. The van der Waals surface area contributed by atoms with E-state index in [9.17, 15) is 5.11 Å². The van der Waals surface area contributed by atoms with Gasteiger partial charge in [0.2, 0.25) is 0 Å². The monoisotopic (exact) mass is 223 g/mol. The van der Waals surface area contributed by atoms with Gasteiger partial charge in [-0.3, -0.25) is 0 Å². The molecule has 0 fully saturated rings. The lowest BCUT2D eigenvalue weighted by Crippen LogP contribution is -2.26. The predicted octanol–water partition coefficient (Wildman–Crippen LogP) is 2.21. The standard InChI is InChI=1S/C13H21NO2/c1-4-14(9-10-16-3)13-7-5-12(6-8-13)11(2)15/h5-8,11,15H,4,9-10H2,1-3H3/t11-/m0/s1. The molecule has 0 radical (unpaired) electrons. The fraction of sp³-hybridized carbons (Fsp3) is 0.538. The topological polar surface area (TPSA) is 32.7 Å². The third kappa shape index (κ3) is 3.51. The Labute approximate surface area is 97.7 Å². The number of methoxy groups -OCH3 is 1. The van der Waals surface area contributed by atoms with E-state index in [0.29, 0.717) is 0 Å². The summed E-state index contributed by atoms with van der Waals surface area (Å²) in [7, 11) is 1.71. The number of ether oxygens (including phenoxy) is 1. The summed E-state index contributed by atoms with van der Waals surface area (Å²) in [5, 5.41) is 9.42. The zero-order valence-electron chi connectivity index (χ0n) is 10.3. The van der Waals surface area contributed by atoms with Gasteiger partial charge < -0.3 is 14.7 Å². The molecule has 0 amide bonds. The molecular formula is C13H21NO2. The van der Waals surface area contributed by atoms with Crippen molar-refractivity contribution in [1.82, 2.24) is 0 Å². The highest BCUT2D eigenvalue weighted by atomic mass is 16.5. The van der Waals surface area contributed by atoms with Gasteiger partial charge in [0.05, 0.1) is 12.7 Å². The number of aliphatic hydroxyl groups is 1. The third-order valence-corrected chi connectivity index (χ3v) is 2.69. The lowest BCUT2D eigenvalue weighted by molar-refractivity contribution is 0.199. The fourth-order valence-corrected chi connectivity index (χ4v) is 1.63. The molecular weight excluding hydrogens is 202 g/mol. The summed E-state index contributed by atoms with van der Waals surface area (Å²) in [5.74, 6) is 0. The van der Waals surface area contributed by atoms with Crippen LogP contribution in [0.25, 0.3) is 0 Å². The minimum atomic E-state index is -0.400. The largest absolute Gasteiger partial charge is 0.389 e. The van der Waals surface area contributed by atoms with E-state index in [4.69, 9.17) is 4.74 Å². The first-order valence-corrected chi connectivity index (χ1v) is 5.71. The van der Waals surface area contributed by atoms with Crippen LogP contribution >= 0.6 is 0 Å². The average Bonchev–Trinajstić information content (AvgIpc) is 2.30. The minimum Gasteiger partial charge on any atom is -0.389 e. The van der Waals surface area contributed by atoms with Gasteiger partial charge in [0.25, 0.3) is 0 Å². The van der Waals surface area contributed by atoms with Crippen molar-refractivity contribution in [1.29, 1.82) is 0 Å². The molecule has 3 heteroatoms. The van der Waals surface area contributed by atoms with E-state index >= 15 is 0 Å². The molecule has 0 aliphatic carbocycles. The first-order valence-electron chi connectivity index (χ1n) is 5.71. The van der Waals surface area contributed by atoms with Crippen LogP contribution in [0.15, 0.2) is 24.3 Å². The zero-order chi connectivity index (χ0) is 12.0. The Kier molecular flexibility index (Phi) is 5.29. The maximum absolute atomic E-state index is 9.42. The molecule has 16 heavy (non-hydrogen) atoms. The Hall–Kier alpha value is -1.06. The number of benzene rings is 1. The van der Waals surface area contributed by atoms with Crippen LogP contribution in [0.2, 0.25) is 0 Å². The number of likely N-dealkylation sites (N-methyl/N-ethyl adjacent to an activating group) is 1. The van der Waals surface area contributed by atoms with Crippen LogP contribution in [-0.4, -0.2) is 31.9 Å². The molecule has 0 aliphatic heterocycles. The van der Waals surface area contributed by atoms with Crippen LogP contribution in [0, 0.1) is 0 Å². The molecule has 0 spiro atoms. The van der Waals surface area contributed by atoms with Gasteiger partial charge in [-0.15, -0.1) is 0 Å². The first-order chi connectivity index (χ1) is 7.69. The summed E-state index contributed by atoms with van der Waals surface area (Å²) >= 11 is 0. The number of nitrogens with zero attached hydrogens (tertiary/aromatic N) is 1. The molecule has 0 saturated heterocycles. The summed E-state index contributed by atoms with van der Waals surface area (Å²) < 4.78 is 5.08. The van der Waals surface area contributed by atoms with Gasteiger partial charge in [0.15, 0.2) is 0 Å². The number of anilines is 1. The predicted molar refractivity (Wildman–Crippen MR) is 66.8 cm³/mol. The molecule has 1 N–H and O–H groups in total. The summed E-state index contributed by atoms with van der Waals surface area (Å²) in [4.78, 5) is 2.25. The van der Waals surface area contributed by atoms with Crippen LogP contribution < -0.4 is 4.90 Å². The summed E-state index contributed by atoms with van der Waals surface area (Å²) in [6.45, 7) is 6.47. The van der Waals surface area contributed by atoms with E-state index < -0.39 is 6.10 Å². The lowest BCUT2D eigenvalue weighted by Gasteiger charge is -2.23. The highest BCUT2D eigenvalue weighted by Gasteiger charge is 2.05. The highest BCUT2D eigenvalue weighted by molar-refractivity contribution is 5.47. The van der Waals surface area contributed by atoms with Gasteiger partial charge in [0.1, 0.15) is 0 Å². The second-order valence-electron chi connectivity index (χ2n) is 3.84. The third-order valence-electron chi connectivity index (χ3n) is 2.69. The number of hydrogen-bond acceptors (Lipinski definition) is 3. The van der Waals surface area contributed by atoms with Gasteiger partial charge in [0, 0.05) is 25.9 Å². The zero-order valence-corrected chi connectivity index (χ0v) is 10.3.